The zero-order valence-electron chi connectivity index (χ0n) is 22.1. The number of nitrogens with zero attached hydrogens (tertiary/aromatic N) is 5. The minimum Gasteiger partial charge on any atom is -0.371 e. The number of rotatable bonds is 5. The Bertz CT molecular complexity index is 1280. The van der Waals surface area contributed by atoms with Crippen LogP contribution in [0.25, 0.3) is 10.9 Å². The van der Waals surface area contributed by atoms with Gasteiger partial charge < -0.3 is 24.6 Å². The van der Waals surface area contributed by atoms with Crippen LogP contribution in [0.4, 0.5) is 11.4 Å². The Morgan fingerprint density at radius 3 is 2.63 bits per heavy atom. The lowest BCUT2D eigenvalue weighted by Gasteiger charge is -2.42. The Morgan fingerprint density at radius 1 is 1.03 bits per heavy atom. The second-order valence-electron chi connectivity index (χ2n) is 10.6. The molecule has 0 saturated carbocycles. The maximum Gasteiger partial charge on any atom is 0.101 e. The van der Waals surface area contributed by atoms with E-state index in [0.29, 0.717) is 5.56 Å². The van der Waals surface area contributed by atoms with E-state index in [-0.39, 0.29) is 18.3 Å². The average molecular weight is 513 g/mol. The van der Waals surface area contributed by atoms with Crippen LogP contribution < -0.4 is 15.1 Å². The Balaban J connectivity index is 1.07. The van der Waals surface area contributed by atoms with Crippen molar-refractivity contribution < 1.29 is 9.47 Å². The van der Waals surface area contributed by atoms with Crippen molar-refractivity contribution in [1.82, 2.24) is 15.2 Å². The molecule has 3 fully saturated rings. The van der Waals surface area contributed by atoms with Gasteiger partial charge in [0.05, 0.1) is 36.0 Å². The highest BCUT2D eigenvalue weighted by Gasteiger charge is 2.29. The number of nitriles is 1. The summed E-state index contributed by atoms with van der Waals surface area (Å²) in [4.78, 5) is 11.9. The molecule has 2 aromatic carbocycles. The van der Waals surface area contributed by atoms with E-state index in [0.717, 1.165) is 82.1 Å². The monoisotopic (exact) mass is 512 g/mol. The van der Waals surface area contributed by atoms with E-state index in [1.165, 1.54) is 11.3 Å². The average Bonchev–Trinajstić information content (AvgIpc) is 2.97. The first kappa shape index (κ1) is 25.1. The van der Waals surface area contributed by atoms with Crippen molar-refractivity contribution >= 4 is 22.3 Å². The predicted octanol–water partition coefficient (Wildman–Crippen LogP) is 3.18. The van der Waals surface area contributed by atoms with Crippen LogP contribution in [0.5, 0.6) is 0 Å². The number of hydrogen-bond acceptors (Lipinski definition) is 8. The van der Waals surface area contributed by atoms with E-state index in [1.807, 2.05) is 12.1 Å². The number of morpholine rings is 2. The van der Waals surface area contributed by atoms with Crippen molar-refractivity contribution in [2.75, 3.05) is 75.3 Å². The highest BCUT2D eigenvalue weighted by Crippen LogP contribution is 2.30. The van der Waals surface area contributed by atoms with E-state index in [4.69, 9.17) is 9.47 Å². The van der Waals surface area contributed by atoms with Gasteiger partial charge in [-0.2, -0.15) is 5.26 Å². The number of piperazine rings is 1. The fourth-order valence-electron chi connectivity index (χ4n) is 6.02. The number of hydrogen-bond donors (Lipinski definition) is 1. The molecule has 0 aliphatic carbocycles. The molecule has 198 valence electrons. The summed E-state index contributed by atoms with van der Waals surface area (Å²) in [7, 11) is 0. The molecule has 3 aliphatic rings. The van der Waals surface area contributed by atoms with Crippen LogP contribution in [0.1, 0.15) is 24.2 Å². The molecule has 4 heterocycles. The van der Waals surface area contributed by atoms with Crippen LogP contribution in [0, 0.1) is 11.3 Å². The molecule has 38 heavy (non-hydrogen) atoms. The third-order valence-electron chi connectivity index (χ3n) is 7.93. The van der Waals surface area contributed by atoms with Gasteiger partial charge in [0.2, 0.25) is 0 Å². The van der Waals surface area contributed by atoms with Crippen molar-refractivity contribution in [3.8, 4) is 6.07 Å². The molecule has 0 bridgehead atoms. The van der Waals surface area contributed by atoms with E-state index in [1.54, 1.807) is 6.20 Å². The first-order valence-electron chi connectivity index (χ1n) is 13.8. The largest absolute Gasteiger partial charge is 0.371 e. The lowest BCUT2D eigenvalue weighted by Crippen LogP contribution is -2.54. The van der Waals surface area contributed by atoms with Crippen molar-refractivity contribution in [3.05, 3.63) is 65.9 Å². The molecule has 8 heteroatoms. The number of nitrogens with one attached hydrogen (secondary N) is 1. The molecule has 6 rings (SSSR count). The standard InChI is InChI=1S/C30H36N6O2/c1-22-19-36(28-9-6-24(17-31)30-27(28)3-2-10-33-30)21-26(38-22)20-34-12-14-35(15-13-34)25-7-4-23(5-8-25)29-18-32-11-16-37-29/h2-10,22,26,29,32H,11-16,18-21H2,1H3. The number of anilines is 2. The smallest absolute Gasteiger partial charge is 0.101 e. The molecule has 8 nitrogen and oxygen atoms in total. The van der Waals surface area contributed by atoms with Gasteiger partial charge >= 0.3 is 0 Å². The molecule has 1 N–H and O–H groups in total. The minimum absolute atomic E-state index is 0.135. The van der Waals surface area contributed by atoms with Gasteiger partial charge in [0.1, 0.15) is 6.07 Å². The number of aromatic nitrogens is 1. The molecule has 0 radical (unpaired) electrons. The van der Waals surface area contributed by atoms with E-state index < -0.39 is 0 Å². The van der Waals surface area contributed by atoms with Crippen LogP contribution in [0.15, 0.2) is 54.7 Å². The van der Waals surface area contributed by atoms with Crippen LogP contribution >= 0.6 is 0 Å². The predicted molar refractivity (Wildman–Crippen MR) is 150 cm³/mol. The summed E-state index contributed by atoms with van der Waals surface area (Å²) in [5, 5.41) is 14.0. The molecular formula is C30H36N6O2. The zero-order chi connectivity index (χ0) is 25.9. The van der Waals surface area contributed by atoms with Crippen molar-refractivity contribution in [2.45, 2.75) is 25.2 Å². The van der Waals surface area contributed by atoms with Gasteiger partial charge in [0.15, 0.2) is 0 Å². The van der Waals surface area contributed by atoms with E-state index >= 15 is 0 Å². The quantitative estimate of drug-likeness (QED) is 0.559. The van der Waals surface area contributed by atoms with Gasteiger partial charge in [-0.25, -0.2) is 0 Å². The number of ether oxygens (including phenoxy) is 2. The molecule has 3 saturated heterocycles. The van der Waals surface area contributed by atoms with Gasteiger partial charge in [-0.05, 0) is 48.9 Å². The maximum atomic E-state index is 9.52. The minimum atomic E-state index is 0.135. The topological polar surface area (TPSA) is 76.9 Å². The zero-order valence-corrected chi connectivity index (χ0v) is 22.1. The summed E-state index contributed by atoms with van der Waals surface area (Å²) >= 11 is 0. The highest BCUT2D eigenvalue weighted by atomic mass is 16.5. The molecule has 0 spiro atoms. The van der Waals surface area contributed by atoms with Gasteiger partial charge in [0, 0.05) is 81.9 Å². The molecule has 3 atom stereocenters. The summed E-state index contributed by atoms with van der Waals surface area (Å²) < 4.78 is 12.3. The van der Waals surface area contributed by atoms with Crippen LogP contribution in [0.2, 0.25) is 0 Å². The molecule has 1 aromatic heterocycles. The molecule has 3 aromatic rings. The first-order valence-corrected chi connectivity index (χ1v) is 13.8. The summed E-state index contributed by atoms with van der Waals surface area (Å²) in [5.41, 5.74) is 5.06. The van der Waals surface area contributed by atoms with Gasteiger partial charge in [-0.1, -0.05) is 12.1 Å². The third-order valence-corrected chi connectivity index (χ3v) is 7.93. The Morgan fingerprint density at radius 2 is 1.87 bits per heavy atom. The van der Waals surface area contributed by atoms with E-state index in [9.17, 15) is 5.26 Å². The molecular weight excluding hydrogens is 476 g/mol. The van der Waals surface area contributed by atoms with Crippen LogP contribution in [-0.4, -0.2) is 87.6 Å². The third kappa shape index (κ3) is 5.33. The van der Waals surface area contributed by atoms with Gasteiger partial charge in [0.25, 0.3) is 0 Å². The maximum absolute atomic E-state index is 9.52. The number of fused-ring (bicyclic) bond motifs is 1. The van der Waals surface area contributed by atoms with Gasteiger partial charge in [-0.3, -0.25) is 9.88 Å². The summed E-state index contributed by atoms with van der Waals surface area (Å²) in [6, 6.07) is 19.2. The molecule has 3 unspecified atom stereocenters. The number of pyridine rings is 1. The van der Waals surface area contributed by atoms with Crippen molar-refractivity contribution in [3.63, 3.8) is 0 Å². The second kappa shape index (κ2) is 11.3. The normalized spacial score (nSPS) is 24.9. The second-order valence-corrected chi connectivity index (χ2v) is 10.6. The fourth-order valence-corrected chi connectivity index (χ4v) is 6.02. The summed E-state index contributed by atoms with van der Waals surface area (Å²) in [6.07, 6.45) is 2.19. The Kier molecular flexibility index (Phi) is 7.43. The fraction of sp³-hybridized carbons (Fsp3) is 0.467. The Labute approximate surface area is 224 Å². The number of benzene rings is 2. The van der Waals surface area contributed by atoms with Crippen LogP contribution in [-0.2, 0) is 9.47 Å². The lowest BCUT2D eigenvalue weighted by atomic mass is 10.1. The van der Waals surface area contributed by atoms with E-state index in [2.05, 4.69) is 74.4 Å². The SMILES string of the molecule is CC1CN(c2ccc(C#N)c3ncccc23)CC(CN2CCN(c3ccc(C4CNCCO4)cc3)CC2)O1. The van der Waals surface area contributed by atoms with Crippen molar-refractivity contribution in [2.24, 2.45) is 0 Å². The summed E-state index contributed by atoms with van der Waals surface area (Å²) in [6.45, 7) is 11.4. The molecule has 0 amide bonds. The highest BCUT2D eigenvalue weighted by molar-refractivity contribution is 5.95. The van der Waals surface area contributed by atoms with Crippen LogP contribution in [0.3, 0.4) is 0 Å². The first-order chi connectivity index (χ1) is 18.7. The van der Waals surface area contributed by atoms with Gasteiger partial charge in [-0.15, -0.1) is 0 Å². The lowest BCUT2D eigenvalue weighted by molar-refractivity contribution is -0.0327. The summed E-state index contributed by atoms with van der Waals surface area (Å²) in [5.74, 6) is 0. The van der Waals surface area contributed by atoms with Crippen molar-refractivity contribution in [1.29, 1.82) is 5.26 Å². The molecule has 3 aliphatic heterocycles. The Hall–Kier alpha value is -3.22.